The molecule has 0 radical (unpaired) electrons. The molecule has 7 nitrogen and oxygen atoms in total. The molecule has 0 N–H and O–H groups in total. The van der Waals surface area contributed by atoms with E-state index in [1.54, 1.807) is 24.3 Å². The van der Waals surface area contributed by atoms with Crippen LogP contribution < -0.4 is 0 Å². The molecule has 0 spiro atoms. The number of benzene rings is 3. The van der Waals surface area contributed by atoms with Gasteiger partial charge in [0, 0.05) is 4.92 Å². The van der Waals surface area contributed by atoms with Gasteiger partial charge in [0.2, 0.25) is 0 Å². The fourth-order valence-electron chi connectivity index (χ4n) is 4.28. The second-order valence-corrected chi connectivity index (χ2v) is 10.5. The van der Waals surface area contributed by atoms with Gasteiger partial charge in [0.25, 0.3) is 5.54 Å². The van der Waals surface area contributed by atoms with Gasteiger partial charge in [-0.25, -0.2) is 8.42 Å². The number of rotatable bonds is 11. The van der Waals surface area contributed by atoms with Gasteiger partial charge in [0.1, 0.15) is 5.75 Å². The van der Waals surface area contributed by atoms with Gasteiger partial charge in [-0.05, 0) is 29.3 Å². The topological polar surface area (TPSA) is 95.7 Å². The van der Waals surface area contributed by atoms with E-state index in [-0.39, 0.29) is 24.7 Å². The highest BCUT2D eigenvalue weighted by Crippen LogP contribution is 2.38. The van der Waals surface area contributed by atoms with Crippen LogP contribution in [0.4, 0.5) is 0 Å². The highest BCUT2D eigenvalue weighted by Gasteiger charge is 2.58. The minimum absolute atomic E-state index is 0.0351. The van der Waals surface area contributed by atoms with Crippen LogP contribution in [0.25, 0.3) is 0 Å². The zero-order valence-corrected chi connectivity index (χ0v) is 19.9. The fraction of sp³-hybridized carbons (Fsp3) is 0.259. The van der Waals surface area contributed by atoms with E-state index >= 15 is 0 Å². The first-order chi connectivity index (χ1) is 16.9. The van der Waals surface area contributed by atoms with E-state index in [9.17, 15) is 18.5 Å². The summed E-state index contributed by atoms with van der Waals surface area (Å²) in [7, 11) is -3.95. The number of nitrogens with zero attached hydrogens (tertiary/aromatic N) is 1. The summed E-state index contributed by atoms with van der Waals surface area (Å²) in [5.74, 6) is -1.51. The van der Waals surface area contributed by atoms with Crippen LogP contribution in [0.3, 0.4) is 0 Å². The third-order valence-corrected chi connectivity index (χ3v) is 8.00. The van der Waals surface area contributed by atoms with Crippen molar-refractivity contribution in [3.63, 3.8) is 0 Å². The molecule has 3 atom stereocenters. The van der Waals surface area contributed by atoms with E-state index in [0.717, 1.165) is 11.1 Å². The van der Waals surface area contributed by atoms with E-state index < -0.39 is 38.1 Å². The molecule has 0 aliphatic heterocycles. The third kappa shape index (κ3) is 5.85. The Hall–Kier alpha value is -3.33. The van der Waals surface area contributed by atoms with Crippen LogP contribution in [-0.2, 0) is 32.5 Å². The molecule has 4 rings (SSSR count). The van der Waals surface area contributed by atoms with E-state index in [0.29, 0.717) is 0 Å². The Bertz CT molecular complexity index is 1250. The number of hydrogen-bond acceptors (Lipinski definition) is 6. The van der Waals surface area contributed by atoms with Gasteiger partial charge in [-0.1, -0.05) is 84.9 Å². The summed E-state index contributed by atoms with van der Waals surface area (Å²) in [4.78, 5) is 12.0. The molecule has 3 aromatic carbocycles. The summed E-state index contributed by atoms with van der Waals surface area (Å²) in [6, 6.07) is 26.7. The van der Waals surface area contributed by atoms with E-state index in [1.165, 1.54) is 18.2 Å². The standard InChI is InChI=1S/C27H27NO6S/c29-28(30)27(21-35(31,32)24-14-8-3-9-15-24)17-16-26(34-19-23-12-6-2-7-13-23)25(27)20-33-18-22-10-4-1-5-11-22/h1-17,25-26H,18-21H2. The molecule has 1 aliphatic rings. The van der Waals surface area contributed by atoms with E-state index in [1.807, 2.05) is 60.7 Å². The monoisotopic (exact) mass is 493 g/mol. The van der Waals surface area contributed by atoms with Crippen LogP contribution in [0.1, 0.15) is 11.1 Å². The first-order valence-corrected chi connectivity index (χ1v) is 12.9. The Kier molecular flexibility index (Phi) is 7.75. The van der Waals surface area contributed by atoms with Crippen LogP contribution in [0.15, 0.2) is 108 Å². The summed E-state index contributed by atoms with van der Waals surface area (Å²) in [5, 5.41) is 12.5. The predicted octanol–water partition coefficient (Wildman–Crippen LogP) is 4.46. The van der Waals surface area contributed by atoms with Crippen LogP contribution in [-0.4, -0.2) is 37.3 Å². The van der Waals surface area contributed by atoms with Gasteiger partial charge < -0.3 is 9.47 Å². The second kappa shape index (κ2) is 10.9. The number of sulfone groups is 1. The van der Waals surface area contributed by atoms with Crippen LogP contribution in [0, 0.1) is 16.0 Å². The Balaban J connectivity index is 1.59. The molecule has 0 fully saturated rings. The maximum atomic E-state index is 13.2. The first-order valence-electron chi connectivity index (χ1n) is 11.3. The minimum Gasteiger partial charge on any atom is -0.376 e. The van der Waals surface area contributed by atoms with Crippen molar-refractivity contribution in [2.45, 2.75) is 29.8 Å². The van der Waals surface area contributed by atoms with Crippen molar-refractivity contribution >= 4 is 9.84 Å². The summed E-state index contributed by atoms with van der Waals surface area (Å²) >= 11 is 0. The van der Waals surface area contributed by atoms with Gasteiger partial charge in [-0.2, -0.15) is 0 Å². The smallest absolute Gasteiger partial charge is 0.262 e. The number of hydrogen-bond donors (Lipinski definition) is 0. The van der Waals surface area contributed by atoms with Crippen molar-refractivity contribution in [1.29, 1.82) is 0 Å². The summed E-state index contributed by atoms with van der Waals surface area (Å²) < 4.78 is 38.4. The maximum absolute atomic E-state index is 13.2. The number of nitro groups is 1. The molecule has 35 heavy (non-hydrogen) atoms. The molecule has 0 bridgehead atoms. The zero-order chi connectivity index (χ0) is 24.7. The lowest BCUT2D eigenvalue weighted by Gasteiger charge is -2.30. The molecule has 0 heterocycles. The van der Waals surface area contributed by atoms with Crippen molar-refractivity contribution in [3.8, 4) is 0 Å². The van der Waals surface area contributed by atoms with Gasteiger partial charge in [0.15, 0.2) is 9.84 Å². The van der Waals surface area contributed by atoms with Crippen molar-refractivity contribution in [2.75, 3.05) is 12.4 Å². The molecule has 3 aromatic rings. The third-order valence-electron chi connectivity index (χ3n) is 6.17. The predicted molar refractivity (Wildman–Crippen MR) is 132 cm³/mol. The van der Waals surface area contributed by atoms with Crippen molar-refractivity contribution < 1.29 is 22.8 Å². The Morgan fingerprint density at radius 2 is 1.37 bits per heavy atom. The van der Waals surface area contributed by atoms with Crippen LogP contribution in [0.5, 0.6) is 0 Å². The molecule has 8 heteroatoms. The normalized spacial score (nSPS) is 21.7. The molecule has 0 saturated heterocycles. The Morgan fingerprint density at radius 3 is 1.94 bits per heavy atom. The van der Waals surface area contributed by atoms with Crippen molar-refractivity contribution in [3.05, 3.63) is 124 Å². The van der Waals surface area contributed by atoms with Crippen LogP contribution >= 0.6 is 0 Å². The van der Waals surface area contributed by atoms with Gasteiger partial charge >= 0.3 is 0 Å². The second-order valence-electron chi connectivity index (χ2n) is 8.55. The maximum Gasteiger partial charge on any atom is 0.262 e. The molecule has 0 saturated carbocycles. The summed E-state index contributed by atoms with van der Waals surface area (Å²) in [5.41, 5.74) is -0.0450. The highest BCUT2D eigenvalue weighted by atomic mass is 32.2. The quantitative estimate of drug-likeness (QED) is 0.222. The summed E-state index contributed by atoms with van der Waals surface area (Å²) in [6.07, 6.45) is 2.30. The SMILES string of the molecule is O=[N+]([O-])C1(CS(=O)(=O)c2ccccc2)C=CC(OCc2ccccc2)C1COCc1ccccc1. The average molecular weight is 494 g/mol. The van der Waals surface area contributed by atoms with Crippen molar-refractivity contribution in [1.82, 2.24) is 0 Å². The molecule has 0 aromatic heterocycles. The van der Waals surface area contributed by atoms with E-state index in [4.69, 9.17) is 9.47 Å². The molecular formula is C27H27NO6S. The van der Waals surface area contributed by atoms with Gasteiger partial charge in [-0.3, -0.25) is 10.1 Å². The van der Waals surface area contributed by atoms with Gasteiger partial charge in [0.05, 0.1) is 36.7 Å². The molecular weight excluding hydrogens is 466 g/mol. The Morgan fingerprint density at radius 1 is 0.829 bits per heavy atom. The lowest BCUT2D eigenvalue weighted by Crippen LogP contribution is -2.52. The fourth-order valence-corrected chi connectivity index (χ4v) is 6.04. The molecule has 182 valence electrons. The average Bonchev–Trinajstić information content (AvgIpc) is 3.22. The van der Waals surface area contributed by atoms with Crippen molar-refractivity contribution in [2.24, 2.45) is 5.92 Å². The summed E-state index contributed by atoms with van der Waals surface area (Å²) in [6.45, 7) is 0.457. The molecule has 1 aliphatic carbocycles. The minimum atomic E-state index is -3.95. The van der Waals surface area contributed by atoms with Crippen LogP contribution in [0.2, 0.25) is 0 Å². The molecule has 0 amide bonds. The zero-order valence-electron chi connectivity index (χ0n) is 19.1. The highest BCUT2D eigenvalue weighted by molar-refractivity contribution is 7.91. The van der Waals surface area contributed by atoms with Gasteiger partial charge in [-0.15, -0.1) is 0 Å². The van der Waals surface area contributed by atoms with E-state index in [2.05, 4.69) is 0 Å². The first kappa shape index (κ1) is 24.8. The molecule has 3 unspecified atom stereocenters. The largest absolute Gasteiger partial charge is 0.376 e. The lowest BCUT2D eigenvalue weighted by molar-refractivity contribution is -0.560. The number of ether oxygens (including phenoxy) is 2. The lowest BCUT2D eigenvalue weighted by atomic mass is 9.88. The Labute approximate surface area is 205 Å².